The second kappa shape index (κ2) is 5.92. The number of carboxylic acids is 1. The van der Waals surface area contributed by atoms with E-state index in [-0.39, 0.29) is 19.0 Å². The third kappa shape index (κ3) is 2.95. The van der Waals surface area contributed by atoms with Gasteiger partial charge in [0.25, 0.3) is 0 Å². The minimum Gasteiger partial charge on any atom is -0.481 e. The summed E-state index contributed by atoms with van der Waals surface area (Å²) >= 11 is 0. The maximum atomic E-state index is 12.1. The molecule has 1 unspecified atom stereocenters. The number of likely N-dealkylation sites (tertiary alicyclic amines) is 1. The summed E-state index contributed by atoms with van der Waals surface area (Å²) < 4.78 is 0. The van der Waals surface area contributed by atoms with Crippen molar-refractivity contribution in [1.29, 1.82) is 0 Å². The van der Waals surface area contributed by atoms with E-state index in [0.717, 1.165) is 5.56 Å². The number of tetrazole rings is 1. The first-order valence-electron chi connectivity index (χ1n) is 6.97. The van der Waals surface area contributed by atoms with E-state index in [1.165, 1.54) is 9.70 Å². The number of carbonyl (C=O) groups excluding carboxylic acids is 1. The number of nitrogens with zero attached hydrogens (tertiary/aromatic N) is 5. The van der Waals surface area contributed by atoms with Crippen LogP contribution in [0.3, 0.4) is 0 Å². The molecule has 8 heteroatoms. The van der Waals surface area contributed by atoms with Crippen molar-refractivity contribution in [2.24, 2.45) is 5.92 Å². The maximum Gasteiger partial charge on any atom is 0.308 e. The molecule has 114 valence electrons. The molecule has 1 aromatic carbocycles. The van der Waals surface area contributed by atoms with Crippen molar-refractivity contribution in [3.8, 4) is 11.4 Å². The molecule has 2 heterocycles. The van der Waals surface area contributed by atoms with Crippen LogP contribution in [0.4, 0.5) is 0 Å². The smallest absolute Gasteiger partial charge is 0.308 e. The number of aliphatic carboxylic acids is 1. The lowest BCUT2D eigenvalue weighted by Crippen LogP contribution is -2.33. The number of benzene rings is 1. The number of carbonyl (C=O) groups is 2. The van der Waals surface area contributed by atoms with Crippen LogP contribution in [0.15, 0.2) is 30.3 Å². The van der Waals surface area contributed by atoms with Crippen LogP contribution in [0.25, 0.3) is 11.4 Å². The Kier molecular flexibility index (Phi) is 3.82. The minimum atomic E-state index is -0.861. The summed E-state index contributed by atoms with van der Waals surface area (Å²) in [5.41, 5.74) is 0.827. The summed E-state index contributed by atoms with van der Waals surface area (Å²) in [5, 5.41) is 20.9. The molecule has 2 aromatic rings. The van der Waals surface area contributed by atoms with Crippen LogP contribution in [0.2, 0.25) is 0 Å². The van der Waals surface area contributed by atoms with Crippen LogP contribution in [0.5, 0.6) is 0 Å². The van der Waals surface area contributed by atoms with Crippen molar-refractivity contribution < 1.29 is 14.7 Å². The molecule has 0 bridgehead atoms. The van der Waals surface area contributed by atoms with E-state index >= 15 is 0 Å². The van der Waals surface area contributed by atoms with Gasteiger partial charge in [0.1, 0.15) is 6.54 Å². The Bertz CT molecular complexity index is 685. The lowest BCUT2D eigenvalue weighted by molar-refractivity contribution is -0.141. The molecule has 1 aromatic heterocycles. The highest BCUT2D eigenvalue weighted by Crippen LogP contribution is 2.17. The van der Waals surface area contributed by atoms with Gasteiger partial charge in [-0.25, -0.2) is 0 Å². The van der Waals surface area contributed by atoms with E-state index in [9.17, 15) is 9.59 Å². The van der Waals surface area contributed by atoms with Gasteiger partial charge in [-0.15, -0.1) is 10.2 Å². The fourth-order valence-electron chi connectivity index (χ4n) is 2.42. The quantitative estimate of drug-likeness (QED) is 0.870. The van der Waals surface area contributed by atoms with Crippen LogP contribution in [-0.2, 0) is 16.1 Å². The Balaban J connectivity index is 1.63. The standard InChI is InChI=1S/C14H15N5O3/c20-12(18-7-6-11(8-18)14(21)22)9-19-16-13(15-17-19)10-4-2-1-3-5-10/h1-5,11H,6-9H2,(H,21,22). The molecule has 0 saturated carbocycles. The van der Waals surface area contributed by atoms with Gasteiger partial charge in [-0.05, 0) is 11.6 Å². The van der Waals surface area contributed by atoms with Crippen molar-refractivity contribution in [3.63, 3.8) is 0 Å². The van der Waals surface area contributed by atoms with Crippen LogP contribution >= 0.6 is 0 Å². The van der Waals surface area contributed by atoms with Gasteiger partial charge >= 0.3 is 5.97 Å². The molecule has 3 rings (SSSR count). The first-order chi connectivity index (χ1) is 10.6. The lowest BCUT2D eigenvalue weighted by atomic mass is 10.1. The third-order valence-corrected chi connectivity index (χ3v) is 3.65. The number of carboxylic acid groups (broad SMARTS) is 1. The van der Waals surface area contributed by atoms with Gasteiger partial charge in [0.15, 0.2) is 0 Å². The van der Waals surface area contributed by atoms with Gasteiger partial charge in [0, 0.05) is 18.7 Å². The summed E-state index contributed by atoms with van der Waals surface area (Å²) in [7, 11) is 0. The number of rotatable bonds is 4. The second-order valence-electron chi connectivity index (χ2n) is 5.17. The van der Waals surface area contributed by atoms with Crippen LogP contribution in [0, 0.1) is 5.92 Å². The zero-order valence-corrected chi connectivity index (χ0v) is 11.8. The molecule has 1 saturated heterocycles. The zero-order valence-electron chi connectivity index (χ0n) is 11.8. The molecule has 8 nitrogen and oxygen atoms in total. The first kappa shape index (κ1) is 14.2. The highest BCUT2D eigenvalue weighted by atomic mass is 16.4. The van der Waals surface area contributed by atoms with Crippen LogP contribution < -0.4 is 0 Å². The third-order valence-electron chi connectivity index (χ3n) is 3.65. The number of amides is 1. The summed E-state index contributed by atoms with van der Waals surface area (Å²) in [6.45, 7) is 0.663. The highest BCUT2D eigenvalue weighted by molar-refractivity contribution is 5.78. The average molecular weight is 301 g/mol. The predicted molar refractivity (Wildman–Crippen MR) is 75.6 cm³/mol. The molecule has 0 spiro atoms. The molecule has 0 radical (unpaired) electrons. The summed E-state index contributed by atoms with van der Waals surface area (Å²) in [6, 6.07) is 9.36. The Morgan fingerprint density at radius 2 is 2.05 bits per heavy atom. The highest BCUT2D eigenvalue weighted by Gasteiger charge is 2.31. The van der Waals surface area contributed by atoms with Gasteiger partial charge in [-0.1, -0.05) is 30.3 Å². The summed E-state index contributed by atoms with van der Waals surface area (Å²) in [6.07, 6.45) is 0.487. The van der Waals surface area contributed by atoms with Gasteiger partial charge in [0.2, 0.25) is 11.7 Å². The topological polar surface area (TPSA) is 101 Å². The summed E-state index contributed by atoms with van der Waals surface area (Å²) in [5.74, 6) is -1.08. The molecule has 1 aliphatic heterocycles. The number of hydrogen-bond acceptors (Lipinski definition) is 5. The minimum absolute atomic E-state index is 0.0355. The molecule has 1 fully saturated rings. The summed E-state index contributed by atoms with van der Waals surface area (Å²) in [4.78, 5) is 25.8. The van der Waals surface area contributed by atoms with Crippen LogP contribution in [0.1, 0.15) is 6.42 Å². The molecule has 1 N–H and O–H groups in total. The van der Waals surface area contributed by atoms with E-state index in [4.69, 9.17) is 5.11 Å². The molecule has 1 aliphatic rings. The molecule has 0 aliphatic carbocycles. The van der Waals surface area contributed by atoms with Gasteiger partial charge in [-0.2, -0.15) is 4.80 Å². The Hall–Kier alpha value is -2.77. The van der Waals surface area contributed by atoms with E-state index in [0.29, 0.717) is 18.8 Å². The van der Waals surface area contributed by atoms with Gasteiger partial charge < -0.3 is 10.0 Å². The van der Waals surface area contributed by atoms with E-state index < -0.39 is 11.9 Å². The van der Waals surface area contributed by atoms with Crippen molar-refractivity contribution in [2.75, 3.05) is 13.1 Å². The van der Waals surface area contributed by atoms with Crippen molar-refractivity contribution in [2.45, 2.75) is 13.0 Å². The fraction of sp³-hybridized carbons (Fsp3) is 0.357. The SMILES string of the molecule is O=C(O)C1CCN(C(=O)Cn2nnc(-c3ccccc3)n2)C1. The zero-order chi connectivity index (χ0) is 15.5. The predicted octanol–water partition coefficient (Wildman–Crippen LogP) is 0.273. The molecular formula is C14H15N5O3. The molecule has 1 amide bonds. The van der Waals surface area contributed by atoms with Crippen molar-refractivity contribution >= 4 is 11.9 Å². The Morgan fingerprint density at radius 1 is 1.27 bits per heavy atom. The Labute approximate surface area is 126 Å². The Morgan fingerprint density at radius 3 is 2.73 bits per heavy atom. The lowest BCUT2D eigenvalue weighted by Gasteiger charge is -2.14. The van der Waals surface area contributed by atoms with Gasteiger partial charge in [0.05, 0.1) is 5.92 Å². The van der Waals surface area contributed by atoms with Gasteiger partial charge in [-0.3, -0.25) is 9.59 Å². The van der Waals surface area contributed by atoms with Crippen molar-refractivity contribution in [3.05, 3.63) is 30.3 Å². The van der Waals surface area contributed by atoms with Crippen molar-refractivity contribution in [1.82, 2.24) is 25.1 Å². The molecule has 22 heavy (non-hydrogen) atoms. The molecular weight excluding hydrogens is 286 g/mol. The monoisotopic (exact) mass is 301 g/mol. The van der Waals surface area contributed by atoms with E-state index in [2.05, 4.69) is 15.4 Å². The normalized spacial score (nSPS) is 17.6. The number of hydrogen-bond donors (Lipinski definition) is 1. The maximum absolute atomic E-state index is 12.1. The largest absolute Gasteiger partial charge is 0.481 e. The number of aromatic nitrogens is 4. The van der Waals surface area contributed by atoms with E-state index in [1.54, 1.807) is 0 Å². The fourth-order valence-corrected chi connectivity index (χ4v) is 2.42. The molecule has 1 atom stereocenters. The van der Waals surface area contributed by atoms with Crippen LogP contribution in [-0.4, -0.2) is 55.2 Å². The second-order valence-corrected chi connectivity index (χ2v) is 5.17. The first-order valence-corrected chi connectivity index (χ1v) is 6.97. The average Bonchev–Trinajstić information content (AvgIpc) is 3.17. The van der Waals surface area contributed by atoms with E-state index in [1.807, 2.05) is 30.3 Å².